The fourth-order valence-electron chi connectivity index (χ4n) is 2.32. The molecule has 0 radical (unpaired) electrons. The van der Waals surface area contributed by atoms with Crippen LogP contribution in [0, 0.1) is 19.8 Å². The maximum atomic E-state index is 11.8. The van der Waals surface area contributed by atoms with Gasteiger partial charge in [0, 0.05) is 17.8 Å². The molecule has 1 aliphatic rings. The first-order valence-electron chi connectivity index (χ1n) is 6.32. The predicted octanol–water partition coefficient (Wildman–Crippen LogP) is 1.56. The third-order valence-corrected chi connectivity index (χ3v) is 3.45. The zero-order chi connectivity index (χ0) is 12.3. The van der Waals surface area contributed by atoms with Gasteiger partial charge in [0.1, 0.15) is 0 Å². The van der Waals surface area contributed by atoms with E-state index >= 15 is 0 Å². The number of nitrogens with one attached hydrogen (secondary N) is 2. The molecule has 0 bridgehead atoms. The van der Waals surface area contributed by atoms with E-state index < -0.39 is 0 Å². The standard InChI is InChI=1S/C13H21N3O/c1-10-3-4-11(2)16(10)15-13(17)6-5-12-7-8-14-9-12/h3-4,12,14H,5-9H2,1-2H3,(H,15,17). The maximum Gasteiger partial charge on any atom is 0.238 e. The van der Waals surface area contributed by atoms with Gasteiger partial charge in [-0.3, -0.25) is 14.9 Å². The zero-order valence-electron chi connectivity index (χ0n) is 10.6. The Morgan fingerprint density at radius 2 is 2.18 bits per heavy atom. The molecule has 0 aromatic carbocycles. The van der Waals surface area contributed by atoms with E-state index in [-0.39, 0.29) is 5.91 Å². The lowest BCUT2D eigenvalue weighted by molar-refractivity contribution is -0.117. The van der Waals surface area contributed by atoms with Gasteiger partial charge in [0.25, 0.3) is 0 Å². The highest BCUT2D eigenvalue weighted by molar-refractivity contribution is 5.83. The second-order valence-electron chi connectivity index (χ2n) is 4.88. The van der Waals surface area contributed by atoms with Crippen LogP contribution in [-0.4, -0.2) is 23.7 Å². The first-order valence-corrected chi connectivity index (χ1v) is 6.32. The zero-order valence-corrected chi connectivity index (χ0v) is 10.6. The summed E-state index contributed by atoms with van der Waals surface area (Å²) in [7, 11) is 0. The van der Waals surface area contributed by atoms with Gasteiger partial charge in [-0.2, -0.15) is 0 Å². The van der Waals surface area contributed by atoms with Gasteiger partial charge in [0.15, 0.2) is 0 Å². The minimum Gasteiger partial charge on any atom is -0.316 e. The van der Waals surface area contributed by atoms with Crippen molar-refractivity contribution in [2.24, 2.45) is 5.92 Å². The molecule has 1 aliphatic heterocycles. The first-order chi connectivity index (χ1) is 8.16. The highest BCUT2D eigenvalue weighted by Crippen LogP contribution is 2.14. The molecular weight excluding hydrogens is 214 g/mol. The van der Waals surface area contributed by atoms with Crippen LogP contribution in [0.15, 0.2) is 12.1 Å². The van der Waals surface area contributed by atoms with Crippen LogP contribution in [0.1, 0.15) is 30.7 Å². The number of aryl methyl sites for hydroxylation is 2. The van der Waals surface area contributed by atoms with Crippen molar-refractivity contribution in [2.45, 2.75) is 33.1 Å². The molecular formula is C13H21N3O. The Labute approximate surface area is 102 Å². The number of rotatable bonds is 4. The fourth-order valence-corrected chi connectivity index (χ4v) is 2.32. The summed E-state index contributed by atoms with van der Waals surface area (Å²) >= 11 is 0. The van der Waals surface area contributed by atoms with Crippen LogP contribution in [0.3, 0.4) is 0 Å². The SMILES string of the molecule is Cc1ccc(C)n1NC(=O)CCC1CCNC1. The Morgan fingerprint density at radius 3 is 2.76 bits per heavy atom. The molecule has 1 aromatic rings. The average Bonchev–Trinajstić information content (AvgIpc) is 2.91. The molecule has 4 heteroatoms. The number of carbonyl (C=O) groups excluding carboxylic acids is 1. The van der Waals surface area contributed by atoms with Crippen LogP contribution < -0.4 is 10.7 Å². The number of aromatic nitrogens is 1. The van der Waals surface area contributed by atoms with Gasteiger partial charge in [-0.15, -0.1) is 0 Å². The third-order valence-electron chi connectivity index (χ3n) is 3.45. The van der Waals surface area contributed by atoms with Gasteiger partial charge in [-0.25, -0.2) is 0 Å². The summed E-state index contributed by atoms with van der Waals surface area (Å²) in [6.07, 6.45) is 2.80. The Kier molecular flexibility index (Phi) is 3.84. The van der Waals surface area contributed by atoms with E-state index in [2.05, 4.69) is 10.7 Å². The number of hydrogen-bond acceptors (Lipinski definition) is 2. The summed E-state index contributed by atoms with van der Waals surface area (Å²) in [5.74, 6) is 0.784. The largest absolute Gasteiger partial charge is 0.316 e. The van der Waals surface area contributed by atoms with Crippen molar-refractivity contribution < 1.29 is 4.79 Å². The summed E-state index contributed by atoms with van der Waals surface area (Å²) in [5, 5.41) is 3.32. The first kappa shape index (κ1) is 12.2. The van der Waals surface area contributed by atoms with Crippen molar-refractivity contribution in [3.8, 4) is 0 Å². The normalized spacial score (nSPS) is 19.5. The van der Waals surface area contributed by atoms with Gasteiger partial charge >= 0.3 is 0 Å². The molecule has 1 unspecified atom stereocenters. The van der Waals surface area contributed by atoms with Gasteiger partial charge in [-0.05, 0) is 57.8 Å². The maximum absolute atomic E-state index is 11.8. The van der Waals surface area contributed by atoms with Crippen molar-refractivity contribution in [2.75, 3.05) is 18.5 Å². The van der Waals surface area contributed by atoms with Crippen LogP contribution in [0.5, 0.6) is 0 Å². The number of carbonyl (C=O) groups is 1. The van der Waals surface area contributed by atoms with Crippen LogP contribution >= 0.6 is 0 Å². The molecule has 1 aromatic heterocycles. The van der Waals surface area contributed by atoms with E-state index in [4.69, 9.17) is 0 Å². The summed E-state index contributed by atoms with van der Waals surface area (Å²) in [4.78, 5) is 11.8. The fraction of sp³-hybridized carbons (Fsp3) is 0.615. The molecule has 94 valence electrons. The monoisotopic (exact) mass is 235 g/mol. The molecule has 0 saturated carbocycles. The summed E-state index contributed by atoms with van der Waals surface area (Å²) in [6.45, 7) is 6.15. The summed E-state index contributed by atoms with van der Waals surface area (Å²) < 4.78 is 1.86. The van der Waals surface area contributed by atoms with Crippen LogP contribution in [-0.2, 0) is 4.79 Å². The smallest absolute Gasteiger partial charge is 0.238 e. The Bertz CT molecular complexity index is 372. The Hall–Kier alpha value is -1.29. The van der Waals surface area contributed by atoms with Crippen molar-refractivity contribution in [3.05, 3.63) is 23.5 Å². The Morgan fingerprint density at radius 1 is 1.47 bits per heavy atom. The van der Waals surface area contributed by atoms with E-state index in [9.17, 15) is 4.79 Å². The minimum absolute atomic E-state index is 0.110. The molecule has 4 nitrogen and oxygen atoms in total. The lowest BCUT2D eigenvalue weighted by Crippen LogP contribution is -2.25. The molecule has 0 aliphatic carbocycles. The number of amides is 1. The molecule has 17 heavy (non-hydrogen) atoms. The van der Waals surface area contributed by atoms with E-state index in [1.54, 1.807) is 0 Å². The van der Waals surface area contributed by atoms with Crippen molar-refractivity contribution in [1.29, 1.82) is 0 Å². The second kappa shape index (κ2) is 5.36. The molecule has 2 heterocycles. The lowest BCUT2D eigenvalue weighted by atomic mass is 10.0. The highest BCUT2D eigenvalue weighted by atomic mass is 16.2. The highest BCUT2D eigenvalue weighted by Gasteiger charge is 2.16. The average molecular weight is 235 g/mol. The summed E-state index contributed by atoms with van der Waals surface area (Å²) in [6, 6.07) is 4.02. The summed E-state index contributed by atoms with van der Waals surface area (Å²) in [5.41, 5.74) is 5.08. The second-order valence-corrected chi connectivity index (χ2v) is 4.88. The molecule has 1 amide bonds. The minimum atomic E-state index is 0.110. The number of hydrogen-bond donors (Lipinski definition) is 2. The number of nitrogens with zero attached hydrogens (tertiary/aromatic N) is 1. The van der Waals surface area contributed by atoms with E-state index in [0.29, 0.717) is 12.3 Å². The van der Waals surface area contributed by atoms with Gasteiger partial charge < -0.3 is 5.32 Å². The quantitative estimate of drug-likeness (QED) is 0.832. The van der Waals surface area contributed by atoms with E-state index in [0.717, 1.165) is 30.9 Å². The van der Waals surface area contributed by atoms with Gasteiger partial charge in [0.2, 0.25) is 5.91 Å². The molecule has 1 saturated heterocycles. The lowest BCUT2D eigenvalue weighted by Gasteiger charge is -2.12. The molecule has 1 fully saturated rings. The van der Waals surface area contributed by atoms with Gasteiger partial charge in [0.05, 0.1) is 0 Å². The Balaban J connectivity index is 1.80. The van der Waals surface area contributed by atoms with Crippen LogP contribution in [0.25, 0.3) is 0 Å². The third kappa shape index (κ3) is 3.09. The molecule has 2 rings (SSSR count). The van der Waals surface area contributed by atoms with E-state index in [1.165, 1.54) is 6.42 Å². The van der Waals surface area contributed by atoms with E-state index in [1.807, 2.05) is 30.7 Å². The topological polar surface area (TPSA) is 46.1 Å². The molecule has 0 spiro atoms. The van der Waals surface area contributed by atoms with Crippen molar-refractivity contribution in [3.63, 3.8) is 0 Å². The van der Waals surface area contributed by atoms with Crippen LogP contribution in [0.4, 0.5) is 0 Å². The van der Waals surface area contributed by atoms with Gasteiger partial charge in [-0.1, -0.05) is 0 Å². The van der Waals surface area contributed by atoms with Crippen molar-refractivity contribution >= 4 is 5.91 Å². The van der Waals surface area contributed by atoms with Crippen molar-refractivity contribution in [1.82, 2.24) is 9.99 Å². The predicted molar refractivity (Wildman–Crippen MR) is 68.5 cm³/mol. The van der Waals surface area contributed by atoms with Crippen LogP contribution in [0.2, 0.25) is 0 Å². The molecule has 2 N–H and O–H groups in total. The molecule has 1 atom stereocenters.